The zero-order valence-electron chi connectivity index (χ0n) is 8.00. The number of rotatable bonds is 3. The van der Waals surface area contributed by atoms with E-state index in [4.69, 9.17) is 0 Å². The van der Waals surface area contributed by atoms with Gasteiger partial charge in [-0.25, -0.2) is 4.79 Å². The zero-order chi connectivity index (χ0) is 11.3. The van der Waals surface area contributed by atoms with Crippen LogP contribution in [-0.2, 0) is 16.1 Å². The molecule has 0 atom stereocenters. The van der Waals surface area contributed by atoms with Crippen LogP contribution in [0.25, 0.3) is 0 Å². The Morgan fingerprint density at radius 1 is 1.53 bits per heavy atom. The number of hydrogen-bond donors (Lipinski definition) is 0. The lowest BCUT2D eigenvalue weighted by atomic mass is 10.2. The summed E-state index contributed by atoms with van der Waals surface area (Å²) in [7, 11) is 1.19. The third-order valence-corrected chi connectivity index (χ3v) is 1.64. The van der Waals surface area contributed by atoms with Crippen molar-refractivity contribution in [3.63, 3.8) is 0 Å². The van der Waals surface area contributed by atoms with Gasteiger partial charge in [0.2, 0.25) is 0 Å². The number of carbonyl (C=O) groups is 1. The van der Waals surface area contributed by atoms with Crippen LogP contribution in [0.4, 0.5) is 10.5 Å². The summed E-state index contributed by atoms with van der Waals surface area (Å²) in [5.41, 5.74) is 0.496. The van der Waals surface area contributed by atoms with Crippen molar-refractivity contribution in [3.05, 3.63) is 39.9 Å². The molecule has 0 bridgehead atoms. The summed E-state index contributed by atoms with van der Waals surface area (Å²) in [6.45, 7) is -0.0473. The minimum absolute atomic E-state index is 0.0408. The lowest BCUT2D eigenvalue weighted by molar-refractivity contribution is -0.384. The molecule has 0 saturated heterocycles. The van der Waals surface area contributed by atoms with Crippen molar-refractivity contribution in [1.29, 1.82) is 0 Å². The Hall–Kier alpha value is -2.11. The molecule has 1 aromatic carbocycles. The fourth-order valence-electron chi connectivity index (χ4n) is 0.961. The summed E-state index contributed by atoms with van der Waals surface area (Å²) in [4.78, 5) is 20.5. The minimum Gasteiger partial charge on any atom is -0.438 e. The third kappa shape index (κ3) is 3.26. The molecular formula is C9H9NO5. The number of carbonyl (C=O) groups excluding carboxylic acids is 1. The Morgan fingerprint density at radius 2 is 2.27 bits per heavy atom. The Bertz CT molecular complexity index is 377. The van der Waals surface area contributed by atoms with E-state index in [0.717, 1.165) is 0 Å². The number of ether oxygens (including phenoxy) is 2. The molecule has 0 amide bonds. The molecule has 6 heteroatoms. The second-order valence-electron chi connectivity index (χ2n) is 2.67. The molecule has 80 valence electrons. The van der Waals surface area contributed by atoms with Gasteiger partial charge in [0.05, 0.1) is 12.0 Å². The average molecular weight is 211 g/mol. The summed E-state index contributed by atoms with van der Waals surface area (Å²) in [5, 5.41) is 10.4. The molecule has 1 rings (SSSR count). The third-order valence-electron chi connectivity index (χ3n) is 1.64. The molecule has 15 heavy (non-hydrogen) atoms. The topological polar surface area (TPSA) is 78.7 Å². The molecule has 0 unspecified atom stereocenters. The summed E-state index contributed by atoms with van der Waals surface area (Å²) in [6, 6.07) is 5.84. The molecule has 0 aliphatic rings. The molecule has 0 saturated carbocycles. The van der Waals surface area contributed by atoms with Crippen LogP contribution in [0.5, 0.6) is 0 Å². The molecule has 0 N–H and O–H groups in total. The van der Waals surface area contributed by atoms with Crippen molar-refractivity contribution >= 4 is 11.8 Å². The molecule has 1 aromatic rings. The maximum Gasteiger partial charge on any atom is 0.508 e. The van der Waals surface area contributed by atoms with Gasteiger partial charge in [0.25, 0.3) is 5.69 Å². The zero-order valence-corrected chi connectivity index (χ0v) is 8.00. The van der Waals surface area contributed by atoms with E-state index in [2.05, 4.69) is 9.47 Å². The van der Waals surface area contributed by atoms with Crippen LogP contribution in [0.1, 0.15) is 5.56 Å². The normalized spacial score (nSPS) is 9.40. The quantitative estimate of drug-likeness (QED) is 0.433. The van der Waals surface area contributed by atoms with Crippen LogP contribution in [0, 0.1) is 10.1 Å². The van der Waals surface area contributed by atoms with E-state index < -0.39 is 11.1 Å². The van der Waals surface area contributed by atoms with E-state index in [1.165, 1.54) is 25.3 Å². The largest absolute Gasteiger partial charge is 0.508 e. The van der Waals surface area contributed by atoms with E-state index >= 15 is 0 Å². The summed E-state index contributed by atoms with van der Waals surface area (Å²) >= 11 is 0. The van der Waals surface area contributed by atoms with E-state index in [1.807, 2.05) is 0 Å². The first-order valence-corrected chi connectivity index (χ1v) is 4.07. The first kappa shape index (κ1) is 11.0. The first-order chi connectivity index (χ1) is 7.13. The van der Waals surface area contributed by atoms with Crippen LogP contribution in [0.3, 0.4) is 0 Å². The van der Waals surface area contributed by atoms with Gasteiger partial charge in [0.1, 0.15) is 6.61 Å². The highest BCUT2D eigenvalue weighted by molar-refractivity contribution is 5.59. The van der Waals surface area contributed by atoms with Gasteiger partial charge in [-0.1, -0.05) is 12.1 Å². The van der Waals surface area contributed by atoms with E-state index in [9.17, 15) is 14.9 Å². The summed E-state index contributed by atoms with van der Waals surface area (Å²) in [5.74, 6) is 0. The second kappa shape index (κ2) is 4.94. The molecule has 0 heterocycles. The van der Waals surface area contributed by atoms with Gasteiger partial charge in [-0.05, 0) is 5.56 Å². The highest BCUT2D eigenvalue weighted by atomic mass is 16.7. The Labute approximate surface area is 85.6 Å². The van der Waals surface area contributed by atoms with Crippen molar-refractivity contribution in [2.45, 2.75) is 6.61 Å². The number of benzene rings is 1. The number of nitro benzene ring substituents is 1. The first-order valence-electron chi connectivity index (χ1n) is 4.07. The van der Waals surface area contributed by atoms with Gasteiger partial charge in [0, 0.05) is 12.1 Å². The second-order valence-corrected chi connectivity index (χ2v) is 2.67. The Balaban J connectivity index is 2.66. The van der Waals surface area contributed by atoms with Crippen LogP contribution in [-0.4, -0.2) is 18.2 Å². The van der Waals surface area contributed by atoms with E-state index in [1.54, 1.807) is 6.07 Å². The van der Waals surface area contributed by atoms with Gasteiger partial charge < -0.3 is 9.47 Å². The molecule has 6 nitrogen and oxygen atoms in total. The number of nitro groups is 1. The fourth-order valence-corrected chi connectivity index (χ4v) is 0.961. The molecule has 0 aromatic heterocycles. The smallest absolute Gasteiger partial charge is 0.438 e. The Kier molecular flexibility index (Phi) is 3.61. The van der Waals surface area contributed by atoms with Crippen molar-refractivity contribution < 1.29 is 19.2 Å². The molecule has 0 spiro atoms. The maximum absolute atomic E-state index is 10.6. The van der Waals surface area contributed by atoms with Gasteiger partial charge in [-0.15, -0.1) is 0 Å². The minimum atomic E-state index is -0.818. The van der Waals surface area contributed by atoms with Gasteiger partial charge in [-0.3, -0.25) is 10.1 Å². The average Bonchev–Trinajstić information content (AvgIpc) is 2.26. The fraction of sp³-hybridized carbons (Fsp3) is 0.222. The number of nitrogens with zero attached hydrogens (tertiary/aromatic N) is 1. The summed E-state index contributed by atoms with van der Waals surface area (Å²) in [6.07, 6.45) is -0.818. The predicted octanol–water partition coefficient (Wildman–Crippen LogP) is 1.88. The lowest BCUT2D eigenvalue weighted by Crippen LogP contribution is -2.04. The van der Waals surface area contributed by atoms with Crippen LogP contribution in [0.15, 0.2) is 24.3 Å². The van der Waals surface area contributed by atoms with Crippen LogP contribution < -0.4 is 0 Å². The van der Waals surface area contributed by atoms with Crippen LogP contribution >= 0.6 is 0 Å². The Morgan fingerprint density at radius 3 is 2.87 bits per heavy atom. The van der Waals surface area contributed by atoms with Gasteiger partial charge in [0.15, 0.2) is 0 Å². The van der Waals surface area contributed by atoms with Crippen molar-refractivity contribution in [2.24, 2.45) is 0 Å². The highest BCUT2D eigenvalue weighted by Gasteiger charge is 2.07. The maximum atomic E-state index is 10.6. The van der Waals surface area contributed by atoms with E-state index in [0.29, 0.717) is 5.56 Å². The number of non-ortho nitro benzene ring substituents is 1. The molecule has 0 fully saturated rings. The van der Waals surface area contributed by atoms with Crippen molar-refractivity contribution in [1.82, 2.24) is 0 Å². The number of hydrogen-bond acceptors (Lipinski definition) is 5. The highest BCUT2D eigenvalue weighted by Crippen LogP contribution is 2.13. The standard InChI is InChI=1S/C9H9NO5/c1-14-9(11)15-6-7-3-2-4-8(5-7)10(12)13/h2-5H,6H2,1H3. The van der Waals surface area contributed by atoms with Gasteiger partial charge in [-0.2, -0.15) is 0 Å². The number of methoxy groups -OCH3 is 1. The monoisotopic (exact) mass is 211 g/mol. The van der Waals surface area contributed by atoms with E-state index in [-0.39, 0.29) is 12.3 Å². The summed E-state index contributed by atoms with van der Waals surface area (Å²) < 4.78 is 8.88. The molecule has 0 aliphatic carbocycles. The van der Waals surface area contributed by atoms with Gasteiger partial charge >= 0.3 is 6.16 Å². The predicted molar refractivity (Wildman–Crippen MR) is 50.3 cm³/mol. The van der Waals surface area contributed by atoms with Crippen molar-refractivity contribution in [3.8, 4) is 0 Å². The lowest BCUT2D eigenvalue weighted by Gasteiger charge is -2.02. The van der Waals surface area contributed by atoms with Crippen LogP contribution in [0.2, 0.25) is 0 Å². The molecule has 0 aliphatic heterocycles. The SMILES string of the molecule is COC(=O)OCc1cccc([N+](=O)[O-])c1. The molecule has 0 radical (unpaired) electrons. The van der Waals surface area contributed by atoms with Crippen molar-refractivity contribution in [2.75, 3.05) is 7.11 Å². The molecular weight excluding hydrogens is 202 g/mol.